The molecule has 0 unspecified atom stereocenters. The smallest absolute Gasteiger partial charge is 0.223 e. The van der Waals surface area contributed by atoms with Gasteiger partial charge in [-0.2, -0.15) is 4.98 Å². The average Bonchev–Trinajstić information content (AvgIpc) is 2.99. The van der Waals surface area contributed by atoms with Crippen molar-refractivity contribution in [2.24, 2.45) is 0 Å². The summed E-state index contributed by atoms with van der Waals surface area (Å²) in [6, 6.07) is 1.91. The molecule has 0 aliphatic heterocycles. The Bertz CT molecular complexity index is 947. The van der Waals surface area contributed by atoms with Crippen molar-refractivity contribution in [2.45, 2.75) is 6.54 Å². The molecule has 2 N–H and O–H groups in total. The molecular weight excluding hydrogens is 505 g/mol. The van der Waals surface area contributed by atoms with Crippen LogP contribution in [0.25, 0.3) is 11.2 Å². The first-order valence-electron chi connectivity index (χ1n) is 7.11. The zero-order chi connectivity index (χ0) is 18.1. The maximum atomic E-state index is 5.75. The molecule has 10 heteroatoms. The zero-order valence-electron chi connectivity index (χ0n) is 13.7. The SMILES string of the molecule is COc1cc(Cn2cnc3c(Br)nc(N)nc32)c(I)c(OC)c1OC. The monoisotopic (exact) mass is 519 g/mol. The van der Waals surface area contributed by atoms with Gasteiger partial charge >= 0.3 is 0 Å². The first-order valence-corrected chi connectivity index (χ1v) is 8.98. The standard InChI is InChI=1S/C15H15BrIN5O3/c1-23-8-4-7(9(17)12(25-3)11(8)24-2)5-22-6-19-10-13(16)20-15(18)21-14(10)22/h4,6H,5H2,1-3H3,(H2,18,20,21). The fourth-order valence-corrected chi connectivity index (χ4v) is 3.76. The van der Waals surface area contributed by atoms with Gasteiger partial charge in [-0.1, -0.05) is 0 Å². The molecule has 0 aliphatic rings. The van der Waals surface area contributed by atoms with E-state index in [0.29, 0.717) is 39.6 Å². The van der Waals surface area contributed by atoms with Crippen LogP contribution in [0.2, 0.25) is 0 Å². The minimum atomic E-state index is 0.181. The number of nitrogens with zero attached hydrogens (tertiary/aromatic N) is 4. The van der Waals surface area contributed by atoms with Crippen LogP contribution in [0.4, 0.5) is 5.95 Å². The normalized spacial score (nSPS) is 10.9. The molecule has 0 bridgehead atoms. The first-order chi connectivity index (χ1) is 12.0. The third-order valence-electron chi connectivity index (χ3n) is 3.62. The number of nitrogen functional groups attached to an aromatic ring is 1. The van der Waals surface area contributed by atoms with E-state index in [2.05, 4.69) is 53.5 Å². The predicted molar refractivity (Wildman–Crippen MR) is 105 cm³/mol. The molecule has 3 rings (SSSR count). The number of hydrogen-bond donors (Lipinski definition) is 1. The largest absolute Gasteiger partial charge is 0.493 e. The second-order valence-corrected chi connectivity index (χ2v) is 6.87. The Morgan fingerprint density at radius 3 is 2.52 bits per heavy atom. The summed E-state index contributed by atoms with van der Waals surface area (Å²) in [5.41, 5.74) is 8.02. The third-order valence-corrected chi connectivity index (χ3v) is 5.36. The summed E-state index contributed by atoms with van der Waals surface area (Å²) in [6.45, 7) is 0.508. The Kier molecular flexibility index (Phi) is 5.18. The topological polar surface area (TPSA) is 97.3 Å². The number of halogens is 2. The van der Waals surface area contributed by atoms with Gasteiger partial charge in [0.15, 0.2) is 17.1 Å². The lowest BCUT2D eigenvalue weighted by atomic mass is 10.1. The van der Waals surface area contributed by atoms with Crippen LogP contribution in [-0.4, -0.2) is 40.8 Å². The van der Waals surface area contributed by atoms with E-state index in [1.54, 1.807) is 27.7 Å². The van der Waals surface area contributed by atoms with Gasteiger partial charge in [-0.25, -0.2) is 9.97 Å². The Hall–Kier alpha value is -1.82. The van der Waals surface area contributed by atoms with Crippen molar-refractivity contribution in [3.8, 4) is 17.2 Å². The predicted octanol–water partition coefficient (Wildman–Crippen LogP) is 2.85. The van der Waals surface area contributed by atoms with Gasteiger partial charge in [-0.15, -0.1) is 0 Å². The van der Waals surface area contributed by atoms with Gasteiger partial charge < -0.3 is 24.5 Å². The molecule has 2 aromatic heterocycles. The van der Waals surface area contributed by atoms with Crippen LogP contribution in [0, 0.1) is 3.57 Å². The van der Waals surface area contributed by atoms with Crippen LogP contribution >= 0.6 is 38.5 Å². The van der Waals surface area contributed by atoms with Crippen LogP contribution in [0.1, 0.15) is 5.56 Å². The fraction of sp³-hybridized carbons (Fsp3) is 0.267. The van der Waals surface area contributed by atoms with Gasteiger partial charge in [0, 0.05) is 0 Å². The molecule has 0 aliphatic carbocycles. The van der Waals surface area contributed by atoms with Crippen molar-refractivity contribution in [1.82, 2.24) is 19.5 Å². The van der Waals surface area contributed by atoms with Crippen molar-refractivity contribution in [3.63, 3.8) is 0 Å². The summed E-state index contributed by atoms with van der Waals surface area (Å²) in [6.07, 6.45) is 1.70. The number of nitrogens with two attached hydrogens (primary N) is 1. The first kappa shape index (κ1) is 18.0. The molecule has 3 aromatic rings. The van der Waals surface area contributed by atoms with Crippen molar-refractivity contribution in [1.29, 1.82) is 0 Å². The minimum Gasteiger partial charge on any atom is -0.493 e. The molecule has 132 valence electrons. The number of anilines is 1. The highest BCUT2D eigenvalue weighted by Crippen LogP contribution is 2.42. The van der Waals surface area contributed by atoms with E-state index in [1.165, 1.54) is 0 Å². The fourth-order valence-electron chi connectivity index (χ4n) is 2.51. The summed E-state index contributed by atoms with van der Waals surface area (Å²) in [7, 11) is 4.77. The lowest BCUT2D eigenvalue weighted by Crippen LogP contribution is -2.06. The number of hydrogen-bond acceptors (Lipinski definition) is 7. The number of aromatic nitrogens is 4. The van der Waals surface area contributed by atoms with Crippen molar-refractivity contribution in [2.75, 3.05) is 27.1 Å². The maximum absolute atomic E-state index is 5.75. The highest BCUT2D eigenvalue weighted by atomic mass is 127. The van der Waals surface area contributed by atoms with Gasteiger partial charge in [0.05, 0.1) is 37.8 Å². The number of fused-ring (bicyclic) bond motifs is 1. The molecule has 0 saturated heterocycles. The lowest BCUT2D eigenvalue weighted by Gasteiger charge is -2.17. The van der Waals surface area contributed by atoms with E-state index in [4.69, 9.17) is 19.9 Å². The lowest BCUT2D eigenvalue weighted by molar-refractivity contribution is 0.322. The zero-order valence-corrected chi connectivity index (χ0v) is 17.5. The molecule has 1 aromatic carbocycles. The highest BCUT2D eigenvalue weighted by molar-refractivity contribution is 14.1. The van der Waals surface area contributed by atoms with Crippen LogP contribution < -0.4 is 19.9 Å². The summed E-state index contributed by atoms with van der Waals surface area (Å²) in [4.78, 5) is 12.7. The summed E-state index contributed by atoms with van der Waals surface area (Å²) < 4.78 is 19.7. The molecule has 0 amide bonds. The Balaban J connectivity index is 2.12. The molecule has 0 atom stereocenters. The van der Waals surface area contributed by atoms with Gasteiger partial charge in [0.25, 0.3) is 0 Å². The summed E-state index contributed by atoms with van der Waals surface area (Å²) in [5, 5.41) is 0. The number of imidazole rings is 1. The van der Waals surface area contributed by atoms with Crippen LogP contribution in [0.15, 0.2) is 17.0 Å². The molecule has 0 saturated carbocycles. The van der Waals surface area contributed by atoms with Crippen molar-refractivity contribution >= 4 is 55.6 Å². The summed E-state index contributed by atoms with van der Waals surface area (Å²) >= 11 is 5.58. The second kappa shape index (κ2) is 7.20. The Labute approximate surface area is 166 Å². The van der Waals surface area contributed by atoms with E-state index < -0.39 is 0 Å². The van der Waals surface area contributed by atoms with Gasteiger partial charge in [0.2, 0.25) is 11.7 Å². The van der Waals surface area contributed by atoms with E-state index in [0.717, 1.165) is 9.13 Å². The average molecular weight is 520 g/mol. The second-order valence-electron chi connectivity index (χ2n) is 5.04. The van der Waals surface area contributed by atoms with Crippen molar-refractivity contribution in [3.05, 3.63) is 26.1 Å². The van der Waals surface area contributed by atoms with Gasteiger partial charge in [-0.05, 0) is 50.2 Å². The van der Waals surface area contributed by atoms with Gasteiger partial charge in [0.1, 0.15) is 10.1 Å². The molecule has 8 nitrogen and oxygen atoms in total. The molecule has 0 spiro atoms. The molecule has 25 heavy (non-hydrogen) atoms. The van der Waals surface area contributed by atoms with Gasteiger partial charge in [-0.3, -0.25) is 0 Å². The van der Waals surface area contributed by atoms with Crippen molar-refractivity contribution < 1.29 is 14.2 Å². The Morgan fingerprint density at radius 2 is 1.88 bits per heavy atom. The molecule has 0 fully saturated rings. The number of methoxy groups -OCH3 is 3. The molecule has 0 radical (unpaired) electrons. The third kappa shape index (κ3) is 3.19. The highest BCUT2D eigenvalue weighted by Gasteiger charge is 2.20. The number of benzene rings is 1. The van der Waals surface area contributed by atoms with E-state index in [9.17, 15) is 0 Å². The quantitative estimate of drug-likeness (QED) is 0.409. The molecule has 2 heterocycles. The van der Waals surface area contributed by atoms with Crippen LogP contribution in [0.5, 0.6) is 17.2 Å². The summed E-state index contributed by atoms with van der Waals surface area (Å²) in [5.74, 6) is 1.95. The van der Waals surface area contributed by atoms with E-state index in [1.807, 2.05) is 10.6 Å². The van der Waals surface area contributed by atoms with E-state index >= 15 is 0 Å². The maximum Gasteiger partial charge on any atom is 0.223 e. The number of rotatable bonds is 5. The molecular formula is C15H15BrIN5O3. The Morgan fingerprint density at radius 1 is 1.16 bits per heavy atom. The minimum absolute atomic E-state index is 0.181. The number of ether oxygens (including phenoxy) is 3. The van der Waals surface area contributed by atoms with Crippen LogP contribution in [0.3, 0.4) is 0 Å². The van der Waals surface area contributed by atoms with Crippen LogP contribution in [-0.2, 0) is 6.54 Å². The van der Waals surface area contributed by atoms with E-state index in [-0.39, 0.29) is 5.95 Å².